The summed E-state index contributed by atoms with van der Waals surface area (Å²) in [5.41, 5.74) is 8.88. The Morgan fingerprint density at radius 1 is 0.362 bits per heavy atom. The van der Waals surface area contributed by atoms with Gasteiger partial charge in [0.15, 0.2) is 17.5 Å². The van der Waals surface area contributed by atoms with Crippen LogP contribution in [0.15, 0.2) is 162 Å². The lowest BCUT2D eigenvalue weighted by Crippen LogP contribution is -2.00. The largest absolute Gasteiger partial charge is 0.438 e. The molecule has 0 radical (unpaired) electrons. The van der Waals surface area contributed by atoms with E-state index in [-0.39, 0.29) is 0 Å². The molecule has 0 atom stereocenters. The highest BCUT2D eigenvalue weighted by Gasteiger charge is 2.17. The van der Waals surface area contributed by atoms with Gasteiger partial charge in [0.1, 0.15) is 5.58 Å². The highest BCUT2D eigenvalue weighted by molar-refractivity contribution is 6.11. The van der Waals surface area contributed by atoms with Gasteiger partial charge in [-0.05, 0) is 57.3 Å². The third-order valence-corrected chi connectivity index (χ3v) is 8.64. The SMILES string of the molecule is c1ccc(-c2nc(-c3ccccc3)nc(-c3ccc(-c4ccc(-c5cccc6oc7ncccc7c56)cc4)c4ccccc34)n2)cc1. The number of fused-ring (bicyclic) bond motifs is 4. The van der Waals surface area contributed by atoms with Crippen molar-refractivity contribution in [2.45, 2.75) is 0 Å². The van der Waals surface area contributed by atoms with Gasteiger partial charge in [-0.3, -0.25) is 0 Å². The van der Waals surface area contributed by atoms with E-state index in [4.69, 9.17) is 19.4 Å². The van der Waals surface area contributed by atoms with Crippen LogP contribution in [0, 0.1) is 0 Å². The molecule has 0 aliphatic carbocycles. The smallest absolute Gasteiger partial charge is 0.227 e. The van der Waals surface area contributed by atoms with E-state index < -0.39 is 0 Å². The minimum Gasteiger partial charge on any atom is -0.438 e. The Bertz CT molecular complexity index is 2500. The van der Waals surface area contributed by atoms with Crippen molar-refractivity contribution in [3.8, 4) is 56.4 Å². The van der Waals surface area contributed by atoms with Crippen LogP contribution in [0.5, 0.6) is 0 Å². The first-order valence-corrected chi connectivity index (χ1v) is 15.6. The van der Waals surface area contributed by atoms with Crippen molar-refractivity contribution < 1.29 is 4.42 Å². The Morgan fingerprint density at radius 2 is 0.915 bits per heavy atom. The highest BCUT2D eigenvalue weighted by atomic mass is 16.3. The monoisotopic (exact) mass is 602 g/mol. The van der Waals surface area contributed by atoms with E-state index >= 15 is 0 Å². The van der Waals surface area contributed by atoms with Gasteiger partial charge in [-0.15, -0.1) is 0 Å². The molecule has 47 heavy (non-hydrogen) atoms. The Hall–Kier alpha value is -6.46. The van der Waals surface area contributed by atoms with Crippen molar-refractivity contribution in [2.24, 2.45) is 0 Å². The summed E-state index contributed by atoms with van der Waals surface area (Å²) in [6.07, 6.45) is 1.76. The standard InChI is InChI=1S/C42H26N4O/c1-3-11-29(12-4-1)39-44-40(30-13-5-2-6-14-30)46-41(45-39)35-25-24-31(33-15-7-8-16-34(33)35)27-20-22-28(23-21-27)32-17-9-19-37-38(32)36-18-10-26-43-42(36)47-37/h1-26H. The van der Waals surface area contributed by atoms with Gasteiger partial charge in [-0.1, -0.05) is 127 Å². The number of hydrogen-bond donors (Lipinski definition) is 0. The molecule has 220 valence electrons. The third kappa shape index (κ3) is 4.73. The molecule has 0 bridgehead atoms. The number of pyridine rings is 1. The number of rotatable bonds is 5. The van der Waals surface area contributed by atoms with Gasteiger partial charge in [0.25, 0.3) is 0 Å². The second-order valence-electron chi connectivity index (χ2n) is 11.5. The fourth-order valence-corrected chi connectivity index (χ4v) is 6.41. The summed E-state index contributed by atoms with van der Waals surface area (Å²) in [7, 11) is 0. The first-order chi connectivity index (χ1) is 23.3. The molecule has 0 spiro atoms. The maximum Gasteiger partial charge on any atom is 0.227 e. The van der Waals surface area contributed by atoms with Gasteiger partial charge in [0.2, 0.25) is 5.71 Å². The molecule has 0 saturated heterocycles. The molecule has 5 nitrogen and oxygen atoms in total. The zero-order chi connectivity index (χ0) is 31.2. The molecule has 3 heterocycles. The van der Waals surface area contributed by atoms with Crippen molar-refractivity contribution >= 4 is 32.8 Å². The number of hydrogen-bond acceptors (Lipinski definition) is 5. The van der Waals surface area contributed by atoms with Crippen molar-refractivity contribution in [3.63, 3.8) is 0 Å². The normalized spacial score (nSPS) is 11.4. The van der Waals surface area contributed by atoms with Crippen LogP contribution in [0.2, 0.25) is 0 Å². The van der Waals surface area contributed by atoms with Gasteiger partial charge in [0, 0.05) is 33.7 Å². The molecular weight excluding hydrogens is 576 g/mol. The number of furan rings is 1. The lowest BCUT2D eigenvalue weighted by atomic mass is 9.93. The van der Waals surface area contributed by atoms with Gasteiger partial charge in [-0.2, -0.15) is 0 Å². The second-order valence-corrected chi connectivity index (χ2v) is 11.5. The van der Waals surface area contributed by atoms with Crippen LogP contribution in [0.1, 0.15) is 0 Å². The first-order valence-electron chi connectivity index (χ1n) is 15.6. The zero-order valence-electron chi connectivity index (χ0n) is 25.2. The highest BCUT2D eigenvalue weighted by Crippen LogP contribution is 2.39. The van der Waals surface area contributed by atoms with Crippen molar-refractivity contribution in [1.29, 1.82) is 0 Å². The van der Waals surface area contributed by atoms with Crippen molar-refractivity contribution in [1.82, 2.24) is 19.9 Å². The molecule has 0 amide bonds. The fraction of sp³-hybridized carbons (Fsp3) is 0. The van der Waals surface area contributed by atoms with Gasteiger partial charge < -0.3 is 4.42 Å². The van der Waals surface area contributed by atoms with E-state index in [2.05, 4.69) is 77.8 Å². The maximum atomic E-state index is 6.04. The summed E-state index contributed by atoms with van der Waals surface area (Å²) < 4.78 is 6.04. The lowest BCUT2D eigenvalue weighted by Gasteiger charge is -2.13. The predicted molar refractivity (Wildman–Crippen MR) is 190 cm³/mol. The van der Waals surface area contributed by atoms with Crippen LogP contribution in [-0.4, -0.2) is 19.9 Å². The van der Waals surface area contributed by atoms with E-state index in [0.29, 0.717) is 23.2 Å². The van der Waals surface area contributed by atoms with Gasteiger partial charge in [-0.25, -0.2) is 19.9 Å². The minimum absolute atomic E-state index is 0.644. The summed E-state index contributed by atoms with van der Waals surface area (Å²) in [5, 5.41) is 4.32. The van der Waals surface area contributed by atoms with Crippen molar-refractivity contribution in [3.05, 3.63) is 158 Å². The predicted octanol–water partition coefficient (Wildman–Crippen LogP) is 10.7. The summed E-state index contributed by atoms with van der Waals surface area (Å²) >= 11 is 0. The molecule has 6 aromatic carbocycles. The van der Waals surface area contributed by atoms with E-state index in [0.717, 1.165) is 66.1 Å². The summed E-state index contributed by atoms with van der Waals surface area (Å²) in [5.74, 6) is 1.94. The average Bonchev–Trinajstić information content (AvgIpc) is 3.54. The fourth-order valence-electron chi connectivity index (χ4n) is 6.41. The lowest BCUT2D eigenvalue weighted by molar-refractivity contribution is 0.654. The van der Waals surface area contributed by atoms with Crippen LogP contribution in [-0.2, 0) is 0 Å². The maximum absolute atomic E-state index is 6.04. The van der Waals surface area contributed by atoms with E-state index in [1.165, 1.54) is 0 Å². The molecule has 9 rings (SSSR count). The van der Waals surface area contributed by atoms with Gasteiger partial charge in [0.05, 0.1) is 0 Å². The average molecular weight is 603 g/mol. The molecule has 0 saturated carbocycles. The first kappa shape index (κ1) is 26.9. The molecule has 5 heteroatoms. The quantitative estimate of drug-likeness (QED) is 0.196. The summed E-state index contributed by atoms with van der Waals surface area (Å²) in [6, 6.07) is 51.9. The second kappa shape index (κ2) is 11.2. The Kier molecular flexibility index (Phi) is 6.39. The van der Waals surface area contributed by atoms with Crippen molar-refractivity contribution in [2.75, 3.05) is 0 Å². The van der Waals surface area contributed by atoms with E-state index in [1.54, 1.807) is 6.20 Å². The van der Waals surface area contributed by atoms with E-state index in [1.807, 2.05) is 78.9 Å². The Morgan fingerprint density at radius 3 is 1.60 bits per heavy atom. The topological polar surface area (TPSA) is 64.7 Å². The summed E-state index contributed by atoms with van der Waals surface area (Å²) in [6.45, 7) is 0. The minimum atomic E-state index is 0.644. The molecule has 0 fully saturated rings. The van der Waals surface area contributed by atoms with Crippen LogP contribution >= 0.6 is 0 Å². The molecular formula is C42H26N4O. The summed E-state index contributed by atoms with van der Waals surface area (Å²) in [4.78, 5) is 19.3. The molecule has 0 unspecified atom stereocenters. The Labute approximate surface area is 270 Å². The van der Waals surface area contributed by atoms with Crippen LogP contribution in [0.3, 0.4) is 0 Å². The van der Waals surface area contributed by atoms with Gasteiger partial charge >= 0.3 is 0 Å². The van der Waals surface area contributed by atoms with Crippen LogP contribution < -0.4 is 0 Å². The van der Waals surface area contributed by atoms with E-state index in [9.17, 15) is 0 Å². The molecule has 0 aliphatic heterocycles. The molecule has 3 aromatic heterocycles. The number of nitrogens with zero attached hydrogens (tertiary/aromatic N) is 4. The Balaban J connectivity index is 1.16. The molecule has 0 aliphatic rings. The molecule has 9 aromatic rings. The number of aromatic nitrogens is 4. The zero-order valence-corrected chi connectivity index (χ0v) is 25.2. The third-order valence-electron chi connectivity index (χ3n) is 8.64. The molecule has 0 N–H and O–H groups in total. The number of benzene rings is 6. The van der Waals surface area contributed by atoms with Crippen LogP contribution in [0.4, 0.5) is 0 Å². The van der Waals surface area contributed by atoms with Crippen LogP contribution in [0.25, 0.3) is 89.3 Å².